The van der Waals surface area contributed by atoms with Gasteiger partial charge in [0, 0.05) is 30.2 Å². The van der Waals surface area contributed by atoms with Crippen LogP contribution in [0.2, 0.25) is 5.02 Å². The van der Waals surface area contributed by atoms with Gasteiger partial charge in [0.05, 0.1) is 41.7 Å². The van der Waals surface area contributed by atoms with Crippen LogP contribution in [-0.2, 0) is 20.0 Å². The van der Waals surface area contributed by atoms with E-state index in [2.05, 4.69) is 4.72 Å². The van der Waals surface area contributed by atoms with E-state index in [0.717, 1.165) is 0 Å². The molecule has 3 aromatic rings. The molecule has 0 saturated heterocycles. The summed E-state index contributed by atoms with van der Waals surface area (Å²) in [6.07, 6.45) is -0.699. The Morgan fingerprint density at radius 3 is 2.30 bits per heavy atom. The van der Waals surface area contributed by atoms with Crippen molar-refractivity contribution in [2.75, 3.05) is 38.6 Å². The minimum atomic E-state index is -4.00. The maximum Gasteiger partial charge on any atom is 0.261 e. The number of nitrogens with zero attached hydrogens (tertiary/aromatic N) is 2. The second-order valence-corrected chi connectivity index (χ2v) is 14.5. The second-order valence-electron chi connectivity index (χ2n) is 10.4. The van der Waals surface area contributed by atoms with Crippen molar-refractivity contribution in [1.82, 2.24) is 9.21 Å². The molecule has 3 atom stereocenters. The summed E-state index contributed by atoms with van der Waals surface area (Å²) in [4.78, 5) is 15.3. The lowest BCUT2D eigenvalue weighted by molar-refractivity contribution is 0.0387. The molecule has 0 saturated carbocycles. The van der Waals surface area contributed by atoms with Crippen molar-refractivity contribution in [1.29, 1.82) is 0 Å². The number of likely N-dealkylation sites (N-methyl/N-ethyl adjacent to an activating group) is 1. The lowest BCUT2D eigenvalue weighted by atomic mass is 9.99. The average Bonchev–Trinajstić information content (AvgIpc) is 2.98. The van der Waals surface area contributed by atoms with E-state index in [0.29, 0.717) is 10.8 Å². The molecule has 0 radical (unpaired) electrons. The fraction of sp³-hybridized carbons (Fsp3) is 0.345. The predicted molar refractivity (Wildman–Crippen MR) is 163 cm³/mol. The van der Waals surface area contributed by atoms with Crippen molar-refractivity contribution in [3.63, 3.8) is 0 Å². The smallest absolute Gasteiger partial charge is 0.261 e. The third-order valence-corrected chi connectivity index (χ3v) is 10.7. The number of halogens is 1. The van der Waals surface area contributed by atoms with Gasteiger partial charge in [0.25, 0.3) is 15.9 Å². The van der Waals surface area contributed by atoms with Crippen LogP contribution in [0.15, 0.2) is 76.5 Å². The monoisotopic (exact) mass is 651 g/mol. The minimum Gasteiger partial charge on any atom is -0.497 e. The zero-order valence-electron chi connectivity index (χ0n) is 24.1. The Morgan fingerprint density at radius 2 is 1.70 bits per heavy atom. The van der Waals surface area contributed by atoms with E-state index < -0.39 is 38.1 Å². The van der Waals surface area contributed by atoms with Gasteiger partial charge in [0.2, 0.25) is 10.0 Å². The summed E-state index contributed by atoms with van der Waals surface area (Å²) in [6, 6.07) is 15.4. The second kappa shape index (κ2) is 13.1. The van der Waals surface area contributed by atoms with E-state index >= 15 is 0 Å². The Morgan fingerprint density at radius 1 is 1.07 bits per heavy atom. The van der Waals surface area contributed by atoms with E-state index in [4.69, 9.17) is 21.1 Å². The quantitative estimate of drug-likeness (QED) is 0.338. The van der Waals surface area contributed by atoms with E-state index in [1.54, 1.807) is 19.1 Å². The Labute approximate surface area is 257 Å². The van der Waals surface area contributed by atoms with Crippen molar-refractivity contribution in [3.05, 3.63) is 77.3 Å². The number of hydrogen-bond acceptors (Lipinski definition) is 8. The Kier molecular flexibility index (Phi) is 9.92. The van der Waals surface area contributed by atoms with Crippen LogP contribution in [0.1, 0.15) is 24.2 Å². The van der Waals surface area contributed by atoms with Gasteiger partial charge in [0.15, 0.2) is 0 Å². The van der Waals surface area contributed by atoms with Crippen LogP contribution in [0.5, 0.6) is 11.5 Å². The predicted octanol–water partition coefficient (Wildman–Crippen LogP) is 3.69. The number of carbonyl (C=O) groups is 1. The number of aliphatic hydroxyl groups is 1. The molecule has 1 aliphatic rings. The van der Waals surface area contributed by atoms with Crippen LogP contribution >= 0.6 is 11.6 Å². The van der Waals surface area contributed by atoms with Gasteiger partial charge in [-0.3, -0.25) is 9.52 Å². The summed E-state index contributed by atoms with van der Waals surface area (Å²) >= 11 is 5.89. The number of aliphatic hydroxyl groups excluding tert-OH is 1. The van der Waals surface area contributed by atoms with Crippen LogP contribution < -0.4 is 14.2 Å². The first-order valence-corrected chi connectivity index (χ1v) is 16.7. The normalized spacial score (nSPS) is 18.3. The Balaban J connectivity index is 1.67. The molecule has 0 aromatic heterocycles. The van der Waals surface area contributed by atoms with Crippen molar-refractivity contribution in [2.45, 2.75) is 35.8 Å². The molecule has 1 heterocycles. The van der Waals surface area contributed by atoms with E-state index in [-0.39, 0.29) is 52.4 Å². The molecule has 0 unspecified atom stereocenters. The number of sulfonamides is 2. The molecule has 4 rings (SSSR count). The lowest BCUT2D eigenvalue weighted by Crippen LogP contribution is -2.50. The minimum absolute atomic E-state index is 0.0169. The standard InChI is InChI=1S/C29H34ClN3O8S2/c1-19-16-33(20(2)18-34)29(35)26-15-22(31-42(36,37)24-10-5-21(30)6-11-24)7-14-27(26)41-28(19)17-32(3)43(38,39)25-12-8-23(40-4)9-13-25/h5-15,19-20,28,31,34H,16-18H2,1-4H3/t19-,20+,28-/m1/s1. The van der Waals surface area contributed by atoms with Crippen LogP contribution in [-0.4, -0.2) is 83.1 Å². The van der Waals surface area contributed by atoms with Crippen LogP contribution in [0.3, 0.4) is 0 Å². The number of anilines is 1. The molecular formula is C29H34ClN3O8S2. The summed E-state index contributed by atoms with van der Waals surface area (Å²) in [5.41, 5.74) is 0.181. The molecule has 0 spiro atoms. The third-order valence-electron chi connectivity index (χ3n) is 7.25. The molecule has 3 aromatic carbocycles. The number of rotatable bonds is 10. The maximum atomic E-state index is 13.7. The molecule has 1 aliphatic heterocycles. The number of nitrogens with one attached hydrogen (secondary N) is 1. The average molecular weight is 652 g/mol. The summed E-state index contributed by atoms with van der Waals surface area (Å²) in [6.45, 7) is 3.32. The van der Waals surface area contributed by atoms with Crippen LogP contribution in [0.4, 0.5) is 5.69 Å². The molecule has 43 heavy (non-hydrogen) atoms. The van der Waals surface area contributed by atoms with Crippen molar-refractivity contribution in [2.24, 2.45) is 5.92 Å². The zero-order valence-corrected chi connectivity index (χ0v) is 26.5. The Bertz CT molecular complexity index is 1670. The van der Waals surface area contributed by atoms with Gasteiger partial charge < -0.3 is 19.5 Å². The first-order valence-electron chi connectivity index (χ1n) is 13.4. The lowest BCUT2D eigenvalue weighted by Gasteiger charge is -2.38. The number of hydrogen-bond donors (Lipinski definition) is 2. The molecule has 0 fully saturated rings. The van der Waals surface area contributed by atoms with Gasteiger partial charge in [-0.25, -0.2) is 16.8 Å². The number of ether oxygens (including phenoxy) is 2. The van der Waals surface area contributed by atoms with E-state index in [1.807, 2.05) is 6.92 Å². The van der Waals surface area contributed by atoms with Crippen molar-refractivity contribution < 1.29 is 36.2 Å². The summed E-state index contributed by atoms with van der Waals surface area (Å²) in [5, 5.41) is 10.3. The van der Waals surface area contributed by atoms with Crippen LogP contribution in [0, 0.1) is 5.92 Å². The van der Waals surface area contributed by atoms with Gasteiger partial charge in [-0.15, -0.1) is 0 Å². The summed E-state index contributed by atoms with van der Waals surface area (Å²) in [7, 11) is -4.96. The highest BCUT2D eigenvalue weighted by Gasteiger charge is 2.35. The Hall–Kier alpha value is -3.36. The zero-order chi connectivity index (χ0) is 31.5. The summed E-state index contributed by atoms with van der Waals surface area (Å²) in [5.74, 6) is -0.134. The first-order chi connectivity index (χ1) is 20.3. The molecule has 11 nitrogen and oxygen atoms in total. The van der Waals surface area contributed by atoms with Crippen LogP contribution in [0.25, 0.3) is 0 Å². The molecule has 14 heteroatoms. The van der Waals surface area contributed by atoms with Gasteiger partial charge in [-0.05, 0) is 73.7 Å². The molecule has 232 valence electrons. The molecule has 1 amide bonds. The van der Waals surface area contributed by atoms with Crippen molar-refractivity contribution >= 4 is 43.2 Å². The number of methoxy groups -OCH3 is 1. The molecule has 2 N–H and O–H groups in total. The number of carbonyl (C=O) groups excluding carboxylic acids is 1. The van der Waals surface area contributed by atoms with Crippen molar-refractivity contribution in [3.8, 4) is 11.5 Å². The highest BCUT2D eigenvalue weighted by Crippen LogP contribution is 2.32. The topological polar surface area (TPSA) is 143 Å². The summed E-state index contributed by atoms with van der Waals surface area (Å²) < 4.78 is 67.7. The van der Waals surface area contributed by atoms with Gasteiger partial charge >= 0.3 is 0 Å². The van der Waals surface area contributed by atoms with E-state index in [1.165, 1.54) is 78.0 Å². The number of benzene rings is 3. The fourth-order valence-electron chi connectivity index (χ4n) is 4.61. The van der Waals surface area contributed by atoms with Gasteiger partial charge in [-0.2, -0.15) is 4.31 Å². The van der Waals surface area contributed by atoms with Gasteiger partial charge in [-0.1, -0.05) is 18.5 Å². The highest BCUT2D eigenvalue weighted by atomic mass is 35.5. The van der Waals surface area contributed by atoms with E-state index in [9.17, 15) is 26.7 Å². The third kappa shape index (κ3) is 7.24. The molecule has 0 bridgehead atoms. The highest BCUT2D eigenvalue weighted by molar-refractivity contribution is 7.92. The first kappa shape index (κ1) is 32.6. The molecule has 0 aliphatic carbocycles. The number of amides is 1. The maximum absolute atomic E-state index is 13.7. The number of fused-ring (bicyclic) bond motifs is 1. The fourth-order valence-corrected chi connectivity index (χ4v) is 6.97. The molecular weight excluding hydrogens is 618 g/mol. The largest absolute Gasteiger partial charge is 0.497 e. The SMILES string of the molecule is COc1ccc(S(=O)(=O)N(C)C[C@H]2Oc3ccc(NS(=O)(=O)c4ccc(Cl)cc4)cc3C(=O)N([C@@H](C)CO)C[C@H]2C)cc1. The van der Waals surface area contributed by atoms with Gasteiger partial charge in [0.1, 0.15) is 17.6 Å².